The number of ether oxygens (including phenoxy) is 2. The Bertz CT molecular complexity index is 1260. The Morgan fingerprint density at radius 3 is 2.33 bits per heavy atom. The molecule has 0 aliphatic carbocycles. The first-order valence-corrected chi connectivity index (χ1v) is 13.3. The van der Waals surface area contributed by atoms with Crippen LogP contribution in [0.15, 0.2) is 71.9 Å². The van der Waals surface area contributed by atoms with Gasteiger partial charge in [0.15, 0.2) is 6.10 Å². The van der Waals surface area contributed by atoms with Gasteiger partial charge in [0.2, 0.25) is 11.8 Å². The summed E-state index contributed by atoms with van der Waals surface area (Å²) in [5.41, 5.74) is 1.78. The zero-order chi connectivity index (χ0) is 28.8. The van der Waals surface area contributed by atoms with E-state index in [2.05, 4.69) is 4.99 Å². The minimum absolute atomic E-state index is 0.124. The fourth-order valence-corrected chi connectivity index (χ4v) is 5.09. The van der Waals surface area contributed by atoms with E-state index < -0.39 is 30.0 Å². The lowest BCUT2D eigenvalue weighted by Gasteiger charge is -2.48. The van der Waals surface area contributed by atoms with Gasteiger partial charge in [-0.2, -0.15) is 0 Å². The molecular formula is C30H36N4O6. The molecule has 3 atom stereocenters. The average Bonchev–Trinajstić information content (AvgIpc) is 3.49. The molecule has 0 bridgehead atoms. The third kappa shape index (κ3) is 6.08. The van der Waals surface area contributed by atoms with Crippen molar-refractivity contribution < 1.29 is 29.0 Å². The van der Waals surface area contributed by atoms with Gasteiger partial charge in [0, 0.05) is 25.8 Å². The van der Waals surface area contributed by atoms with E-state index in [1.165, 1.54) is 29.0 Å². The quantitative estimate of drug-likeness (QED) is 0.488. The molecule has 10 nitrogen and oxygen atoms in total. The molecular weight excluding hydrogens is 512 g/mol. The number of hydrogen-bond acceptors (Lipinski definition) is 7. The van der Waals surface area contributed by atoms with E-state index in [1.54, 1.807) is 18.3 Å². The monoisotopic (exact) mass is 548 g/mol. The van der Waals surface area contributed by atoms with E-state index in [4.69, 9.17) is 9.47 Å². The number of hydrogen-bond donors (Lipinski definition) is 1. The van der Waals surface area contributed by atoms with Crippen LogP contribution in [0, 0.1) is 5.92 Å². The highest BCUT2D eigenvalue weighted by atomic mass is 16.5. The van der Waals surface area contributed by atoms with Crippen molar-refractivity contribution in [3.8, 4) is 0 Å². The summed E-state index contributed by atoms with van der Waals surface area (Å²) in [6, 6.07) is 16.6. The maximum atomic E-state index is 14.4. The van der Waals surface area contributed by atoms with Crippen molar-refractivity contribution in [1.82, 2.24) is 14.9 Å². The summed E-state index contributed by atoms with van der Waals surface area (Å²) in [5.74, 6) is -1.49. The number of aliphatic imine (C=N–C) groups is 1. The number of methoxy groups -OCH3 is 1. The van der Waals surface area contributed by atoms with Crippen molar-refractivity contribution >= 4 is 29.3 Å². The second kappa shape index (κ2) is 12.9. The normalized spacial score (nSPS) is 18.6. The molecule has 2 unspecified atom stereocenters. The van der Waals surface area contributed by atoms with Gasteiger partial charge in [-0.15, -0.1) is 0 Å². The minimum Gasteiger partial charge on any atom is -0.477 e. The number of rotatable bonds is 10. The van der Waals surface area contributed by atoms with E-state index in [-0.39, 0.29) is 30.8 Å². The van der Waals surface area contributed by atoms with Crippen LogP contribution < -0.4 is 0 Å². The van der Waals surface area contributed by atoms with Gasteiger partial charge in [-0.25, -0.2) is 15.0 Å². The van der Waals surface area contributed by atoms with Gasteiger partial charge in [0.25, 0.3) is 11.8 Å². The maximum absolute atomic E-state index is 14.4. The molecule has 0 fully saturated rings. The molecule has 10 heteroatoms. The molecule has 0 spiro atoms. The highest BCUT2D eigenvalue weighted by Crippen LogP contribution is 2.34. The number of benzene rings is 2. The smallest absolute Gasteiger partial charge is 0.269 e. The second-order valence-electron chi connectivity index (χ2n) is 10.1. The summed E-state index contributed by atoms with van der Waals surface area (Å²) >= 11 is 0. The van der Waals surface area contributed by atoms with E-state index in [9.17, 15) is 19.5 Å². The molecule has 2 heterocycles. The van der Waals surface area contributed by atoms with Crippen molar-refractivity contribution in [3.05, 3.63) is 78.0 Å². The van der Waals surface area contributed by atoms with Crippen LogP contribution in [0.3, 0.4) is 0 Å². The number of hydrazine groups is 1. The fraction of sp³-hybridized carbons (Fsp3) is 0.400. The molecule has 3 amide bonds. The largest absolute Gasteiger partial charge is 0.477 e. The fourth-order valence-electron chi connectivity index (χ4n) is 5.09. The Hall–Kier alpha value is -4.02. The summed E-state index contributed by atoms with van der Waals surface area (Å²) in [5, 5.41) is 14.2. The number of carbonyl (C=O) groups is 3. The van der Waals surface area contributed by atoms with Gasteiger partial charge in [-0.1, -0.05) is 74.5 Å². The van der Waals surface area contributed by atoms with Crippen molar-refractivity contribution in [2.24, 2.45) is 10.9 Å². The molecule has 1 N–H and O–H groups in total. The summed E-state index contributed by atoms with van der Waals surface area (Å²) < 4.78 is 10.7. The average molecular weight is 549 g/mol. The van der Waals surface area contributed by atoms with Gasteiger partial charge in [-0.3, -0.25) is 14.4 Å². The van der Waals surface area contributed by atoms with Crippen LogP contribution in [0.1, 0.15) is 31.9 Å². The van der Waals surface area contributed by atoms with E-state index in [0.29, 0.717) is 24.4 Å². The van der Waals surface area contributed by atoms with E-state index >= 15 is 0 Å². The number of aliphatic hydroxyl groups excluding tert-OH is 1. The predicted octanol–water partition coefficient (Wildman–Crippen LogP) is 2.49. The number of carbonyl (C=O) groups excluding carboxylic acids is 3. The van der Waals surface area contributed by atoms with Gasteiger partial charge in [-0.05, 0) is 17.9 Å². The Balaban J connectivity index is 1.90. The van der Waals surface area contributed by atoms with Crippen LogP contribution >= 0.6 is 0 Å². The zero-order valence-corrected chi connectivity index (χ0v) is 23.3. The highest BCUT2D eigenvalue weighted by Gasteiger charge is 2.47. The van der Waals surface area contributed by atoms with Crippen molar-refractivity contribution in [1.29, 1.82) is 0 Å². The third-order valence-electron chi connectivity index (χ3n) is 6.87. The lowest BCUT2D eigenvalue weighted by molar-refractivity contribution is -0.169. The summed E-state index contributed by atoms with van der Waals surface area (Å²) in [7, 11) is 1.42. The van der Waals surface area contributed by atoms with Crippen LogP contribution in [0.2, 0.25) is 0 Å². The SMILES string of the molecule is COCC(=O)N1C=C(c2ccccc2)N(N(C(C)=O)[C@@H](Cc2ccccc2)C(O)C2=NCCO2)C(=O)C1C(C)C. The molecule has 2 aromatic rings. The molecule has 2 aromatic carbocycles. The van der Waals surface area contributed by atoms with Gasteiger partial charge in [0.1, 0.15) is 19.3 Å². The van der Waals surface area contributed by atoms with Crippen molar-refractivity contribution in [2.75, 3.05) is 26.9 Å². The first-order chi connectivity index (χ1) is 19.2. The van der Waals surface area contributed by atoms with Gasteiger partial charge >= 0.3 is 0 Å². The van der Waals surface area contributed by atoms with Gasteiger partial charge in [0.05, 0.1) is 18.3 Å². The number of amides is 3. The standard InChI is InChI=1S/C30H36N4O6/c1-20(2)27-30(38)34(25(23-13-9-6-10-14-23)18-32(27)26(36)19-39-4)33(21(3)35)24(17-22-11-7-5-8-12-22)28(37)29-31-15-16-40-29/h5-14,18,20,24,27-28,37H,15-17,19H2,1-4H3/t24-,27?,28?/m0/s1. The molecule has 0 radical (unpaired) electrons. The molecule has 2 aliphatic heterocycles. The third-order valence-corrected chi connectivity index (χ3v) is 6.87. The molecule has 0 aromatic heterocycles. The molecule has 2 aliphatic rings. The highest BCUT2D eigenvalue weighted by molar-refractivity contribution is 5.99. The van der Waals surface area contributed by atoms with Gasteiger partial charge < -0.3 is 19.5 Å². The van der Waals surface area contributed by atoms with Crippen LogP contribution in [-0.2, 0) is 30.3 Å². The molecule has 212 valence electrons. The van der Waals surface area contributed by atoms with Crippen molar-refractivity contribution in [2.45, 2.75) is 45.4 Å². The minimum atomic E-state index is -1.30. The van der Waals surface area contributed by atoms with Crippen LogP contribution in [0.5, 0.6) is 0 Å². The van der Waals surface area contributed by atoms with Crippen LogP contribution in [0.4, 0.5) is 0 Å². The predicted molar refractivity (Wildman–Crippen MR) is 149 cm³/mol. The Kier molecular flexibility index (Phi) is 9.34. The number of aliphatic hydroxyl groups is 1. The topological polar surface area (TPSA) is 112 Å². The van der Waals surface area contributed by atoms with Crippen molar-refractivity contribution in [3.63, 3.8) is 0 Å². The summed E-state index contributed by atoms with van der Waals surface area (Å²) in [6.07, 6.45) is 0.505. The van der Waals surface area contributed by atoms with E-state index in [0.717, 1.165) is 5.56 Å². The zero-order valence-electron chi connectivity index (χ0n) is 23.3. The second-order valence-corrected chi connectivity index (χ2v) is 10.1. The molecule has 40 heavy (non-hydrogen) atoms. The Morgan fingerprint density at radius 1 is 1.12 bits per heavy atom. The first-order valence-electron chi connectivity index (χ1n) is 13.3. The first kappa shape index (κ1) is 29.0. The lowest BCUT2D eigenvalue weighted by Crippen LogP contribution is -2.64. The van der Waals surface area contributed by atoms with Crippen LogP contribution in [-0.4, -0.2) is 88.7 Å². The number of nitrogens with zero attached hydrogens (tertiary/aromatic N) is 4. The lowest BCUT2D eigenvalue weighted by atomic mass is 9.96. The van der Waals surface area contributed by atoms with Crippen LogP contribution in [0.25, 0.3) is 5.70 Å². The summed E-state index contributed by atoms with van der Waals surface area (Å²) in [6.45, 7) is 5.54. The Labute approximate surface area is 234 Å². The van der Waals surface area contributed by atoms with E-state index in [1.807, 2.05) is 62.4 Å². The molecule has 0 saturated carbocycles. The maximum Gasteiger partial charge on any atom is 0.269 e. The Morgan fingerprint density at radius 2 is 1.77 bits per heavy atom. The molecule has 4 rings (SSSR count). The molecule has 0 saturated heterocycles. The summed E-state index contributed by atoms with van der Waals surface area (Å²) in [4.78, 5) is 46.8.